The summed E-state index contributed by atoms with van der Waals surface area (Å²) in [4.78, 5) is 24.1. The van der Waals surface area contributed by atoms with E-state index in [9.17, 15) is 9.59 Å². The second-order valence-corrected chi connectivity index (χ2v) is 7.35. The van der Waals surface area contributed by atoms with Gasteiger partial charge in [-0.15, -0.1) is 5.10 Å². The first-order chi connectivity index (χ1) is 12.0. The van der Waals surface area contributed by atoms with Crippen LogP contribution in [0.3, 0.4) is 0 Å². The summed E-state index contributed by atoms with van der Waals surface area (Å²) in [5, 5.41) is 10.1. The average molecular weight is 362 g/mol. The third-order valence-corrected chi connectivity index (χ3v) is 4.72. The van der Waals surface area contributed by atoms with Crippen LogP contribution in [0.15, 0.2) is 40.3 Å². The molecule has 2 aromatic rings. The van der Waals surface area contributed by atoms with Gasteiger partial charge in [-0.3, -0.25) is 9.36 Å². The van der Waals surface area contributed by atoms with Gasteiger partial charge in [0.15, 0.2) is 5.16 Å². The Balaban J connectivity index is 1.98. The molecule has 0 aliphatic carbocycles. The van der Waals surface area contributed by atoms with E-state index in [1.165, 1.54) is 11.8 Å². The number of carbonyl (C=O) groups excluding carboxylic acids is 1. The molecule has 0 radical (unpaired) electrons. The number of H-pyrrole nitrogens is 1. The van der Waals surface area contributed by atoms with Crippen molar-refractivity contribution in [3.05, 3.63) is 46.4 Å². The van der Waals surface area contributed by atoms with Crippen molar-refractivity contribution >= 4 is 17.7 Å². The van der Waals surface area contributed by atoms with Crippen molar-refractivity contribution in [1.29, 1.82) is 0 Å². The fraction of sp³-hybridized carbons (Fsp3) is 0.500. The molecule has 0 aliphatic rings. The zero-order valence-electron chi connectivity index (χ0n) is 15.0. The molecular weight excluding hydrogens is 336 g/mol. The number of nitrogens with one attached hydrogen (secondary N) is 2. The van der Waals surface area contributed by atoms with Crippen molar-refractivity contribution in [1.82, 2.24) is 20.1 Å². The third kappa shape index (κ3) is 5.77. The summed E-state index contributed by atoms with van der Waals surface area (Å²) in [5.74, 6) is 0.646. The highest BCUT2D eigenvalue weighted by Gasteiger charge is 2.17. The average Bonchev–Trinajstić information content (AvgIpc) is 2.93. The van der Waals surface area contributed by atoms with E-state index in [0.29, 0.717) is 17.6 Å². The lowest BCUT2D eigenvalue weighted by Crippen LogP contribution is -2.31. The Hall–Kier alpha value is -2.02. The second-order valence-electron chi connectivity index (χ2n) is 6.41. The van der Waals surface area contributed by atoms with Crippen LogP contribution < -0.4 is 11.0 Å². The zero-order chi connectivity index (χ0) is 18.2. The van der Waals surface area contributed by atoms with Gasteiger partial charge in [0, 0.05) is 6.54 Å². The Bertz CT molecular complexity index is 724. The predicted molar refractivity (Wildman–Crippen MR) is 101 cm³/mol. The number of carbonyl (C=O) groups is 1. The fourth-order valence-electron chi connectivity index (χ4n) is 2.64. The number of thioether (sulfide) groups is 1. The summed E-state index contributed by atoms with van der Waals surface area (Å²) >= 11 is 1.28. The fourth-order valence-corrected chi connectivity index (χ4v) is 3.42. The molecule has 2 N–H and O–H groups in total. The van der Waals surface area contributed by atoms with Gasteiger partial charge in [0.2, 0.25) is 5.91 Å². The first kappa shape index (κ1) is 19.3. The van der Waals surface area contributed by atoms with Gasteiger partial charge in [0.25, 0.3) is 0 Å². The summed E-state index contributed by atoms with van der Waals surface area (Å²) in [6.45, 7) is 6.88. The van der Waals surface area contributed by atoms with E-state index < -0.39 is 0 Å². The number of hydrogen-bond acceptors (Lipinski definition) is 4. The number of benzene rings is 1. The van der Waals surface area contributed by atoms with Crippen LogP contribution in [0, 0.1) is 5.92 Å². The molecule has 6 nitrogen and oxygen atoms in total. The molecule has 0 unspecified atom stereocenters. The van der Waals surface area contributed by atoms with Crippen LogP contribution in [-0.4, -0.2) is 26.4 Å². The number of aromatic nitrogens is 3. The van der Waals surface area contributed by atoms with Crippen molar-refractivity contribution in [2.24, 2.45) is 5.92 Å². The highest BCUT2D eigenvalue weighted by Crippen LogP contribution is 2.22. The van der Waals surface area contributed by atoms with Gasteiger partial charge in [-0.2, -0.15) is 0 Å². The standard InChI is InChI=1S/C18H26N4O2S/c1-4-10-22-17(24)20-21-18(22)25-12-16(23)19-15(11-13(2)3)14-8-6-5-7-9-14/h5-9,13,15H,4,10-12H2,1-3H3,(H,19,23)(H,20,24)/t15-/m0/s1. The highest BCUT2D eigenvalue weighted by atomic mass is 32.2. The zero-order valence-corrected chi connectivity index (χ0v) is 15.8. The maximum absolute atomic E-state index is 12.4. The molecule has 0 saturated heterocycles. The minimum atomic E-state index is -0.230. The number of rotatable bonds is 9. The van der Waals surface area contributed by atoms with Crippen molar-refractivity contribution in [2.75, 3.05) is 5.75 Å². The first-order valence-electron chi connectivity index (χ1n) is 8.63. The lowest BCUT2D eigenvalue weighted by Gasteiger charge is -2.21. The van der Waals surface area contributed by atoms with E-state index >= 15 is 0 Å². The first-order valence-corrected chi connectivity index (χ1v) is 9.62. The number of nitrogens with zero attached hydrogens (tertiary/aromatic N) is 2. The maximum atomic E-state index is 12.4. The summed E-state index contributed by atoms with van der Waals surface area (Å²) < 4.78 is 1.57. The van der Waals surface area contributed by atoms with Crippen molar-refractivity contribution < 1.29 is 4.79 Å². The van der Waals surface area contributed by atoms with Gasteiger partial charge in [-0.25, -0.2) is 9.89 Å². The van der Waals surface area contributed by atoms with Crippen molar-refractivity contribution in [3.8, 4) is 0 Å². The van der Waals surface area contributed by atoms with Crippen LogP contribution in [0.5, 0.6) is 0 Å². The highest BCUT2D eigenvalue weighted by molar-refractivity contribution is 7.99. The van der Waals surface area contributed by atoms with Crippen LogP contribution in [0.4, 0.5) is 0 Å². The minimum Gasteiger partial charge on any atom is -0.349 e. The number of hydrogen-bond donors (Lipinski definition) is 2. The van der Waals surface area contributed by atoms with E-state index in [1.54, 1.807) is 4.57 Å². The molecule has 1 heterocycles. The van der Waals surface area contributed by atoms with E-state index in [4.69, 9.17) is 0 Å². The van der Waals surface area contributed by atoms with E-state index in [0.717, 1.165) is 18.4 Å². The lowest BCUT2D eigenvalue weighted by molar-refractivity contribution is -0.119. The van der Waals surface area contributed by atoms with Crippen LogP contribution in [0.1, 0.15) is 45.2 Å². The van der Waals surface area contributed by atoms with Gasteiger partial charge in [-0.1, -0.05) is 62.9 Å². The molecular formula is C18H26N4O2S. The molecule has 0 saturated carbocycles. The molecule has 7 heteroatoms. The Morgan fingerprint density at radius 1 is 1.32 bits per heavy atom. The smallest absolute Gasteiger partial charge is 0.343 e. The van der Waals surface area contributed by atoms with Gasteiger partial charge >= 0.3 is 5.69 Å². The van der Waals surface area contributed by atoms with Crippen LogP contribution in [0.25, 0.3) is 0 Å². The quantitative estimate of drug-likeness (QED) is 0.672. The summed E-state index contributed by atoms with van der Waals surface area (Å²) in [5.41, 5.74) is 0.879. The van der Waals surface area contributed by atoms with Crippen molar-refractivity contribution in [2.45, 2.75) is 51.4 Å². The molecule has 1 aromatic carbocycles. The molecule has 25 heavy (non-hydrogen) atoms. The molecule has 1 atom stereocenters. The van der Waals surface area contributed by atoms with Gasteiger partial charge in [0.05, 0.1) is 11.8 Å². The van der Waals surface area contributed by atoms with Crippen LogP contribution >= 0.6 is 11.8 Å². The second kappa shape index (κ2) is 9.46. The van der Waals surface area contributed by atoms with E-state index in [1.807, 2.05) is 37.3 Å². The van der Waals surface area contributed by atoms with Gasteiger partial charge in [0.1, 0.15) is 0 Å². The number of amides is 1. The monoisotopic (exact) mass is 362 g/mol. The molecule has 0 fully saturated rings. The Kier molecular flexibility index (Phi) is 7.31. The molecule has 1 aromatic heterocycles. The summed E-state index contributed by atoms with van der Waals surface area (Å²) in [6, 6.07) is 10.00. The lowest BCUT2D eigenvalue weighted by atomic mass is 9.97. The predicted octanol–water partition coefficient (Wildman–Crippen LogP) is 2.98. The van der Waals surface area contributed by atoms with Gasteiger partial charge in [-0.05, 0) is 24.3 Å². The molecule has 2 rings (SSSR count). The van der Waals surface area contributed by atoms with Crippen molar-refractivity contribution in [3.63, 3.8) is 0 Å². The Morgan fingerprint density at radius 3 is 2.68 bits per heavy atom. The van der Waals surface area contributed by atoms with E-state index in [-0.39, 0.29) is 23.4 Å². The Morgan fingerprint density at radius 2 is 2.04 bits per heavy atom. The normalized spacial score (nSPS) is 12.3. The molecule has 136 valence electrons. The van der Waals surface area contributed by atoms with Crippen LogP contribution in [0.2, 0.25) is 0 Å². The topological polar surface area (TPSA) is 79.8 Å². The Labute approximate surface area is 152 Å². The van der Waals surface area contributed by atoms with Crippen LogP contribution in [-0.2, 0) is 11.3 Å². The number of aromatic amines is 1. The molecule has 1 amide bonds. The molecule has 0 spiro atoms. The maximum Gasteiger partial charge on any atom is 0.343 e. The largest absolute Gasteiger partial charge is 0.349 e. The SMILES string of the molecule is CCCn1c(SCC(=O)N[C@@H](CC(C)C)c2ccccc2)n[nH]c1=O. The van der Waals surface area contributed by atoms with Gasteiger partial charge < -0.3 is 5.32 Å². The molecule has 0 aliphatic heterocycles. The third-order valence-electron chi connectivity index (χ3n) is 3.75. The summed E-state index contributed by atoms with van der Waals surface area (Å²) in [6.07, 6.45) is 1.72. The van der Waals surface area contributed by atoms with E-state index in [2.05, 4.69) is 29.4 Å². The summed E-state index contributed by atoms with van der Waals surface area (Å²) in [7, 11) is 0. The minimum absolute atomic E-state index is 0.00804. The molecule has 0 bridgehead atoms.